The SMILES string of the molecule is O=C1/C(=C/c2ccco2)SC(=S)N1CNc1cccc(C(F)(F)F)c1. The van der Waals surface area contributed by atoms with Gasteiger partial charge in [-0.25, -0.2) is 0 Å². The molecule has 0 radical (unpaired) electrons. The maximum Gasteiger partial charge on any atom is 0.416 e. The lowest BCUT2D eigenvalue weighted by molar-refractivity contribution is -0.137. The van der Waals surface area contributed by atoms with Gasteiger partial charge in [0.05, 0.1) is 23.4 Å². The average Bonchev–Trinajstić information content (AvgIpc) is 3.15. The van der Waals surface area contributed by atoms with E-state index in [4.69, 9.17) is 16.6 Å². The number of nitrogens with zero attached hydrogens (tertiary/aromatic N) is 1. The standard InChI is InChI=1S/C16H11F3N2O2S2/c17-16(18,19)10-3-1-4-11(7-10)20-9-21-14(22)13(25-15(21)24)8-12-5-2-6-23-12/h1-8,20H,9H2/b13-8-. The quantitative estimate of drug-likeness (QED) is 0.618. The van der Waals surface area contributed by atoms with Gasteiger partial charge in [0.2, 0.25) is 0 Å². The van der Waals surface area contributed by atoms with Gasteiger partial charge in [-0.05, 0) is 30.3 Å². The van der Waals surface area contributed by atoms with Gasteiger partial charge in [0.25, 0.3) is 5.91 Å². The van der Waals surface area contributed by atoms with Gasteiger partial charge in [-0.3, -0.25) is 9.69 Å². The van der Waals surface area contributed by atoms with E-state index >= 15 is 0 Å². The fourth-order valence-electron chi connectivity index (χ4n) is 2.11. The van der Waals surface area contributed by atoms with Gasteiger partial charge in [-0.2, -0.15) is 13.2 Å². The van der Waals surface area contributed by atoms with Crippen LogP contribution in [0, 0.1) is 0 Å². The number of amides is 1. The summed E-state index contributed by atoms with van der Waals surface area (Å²) >= 11 is 6.28. The number of hydrogen-bond acceptors (Lipinski definition) is 5. The van der Waals surface area contributed by atoms with E-state index in [-0.39, 0.29) is 18.3 Å². The molecule has 1 aromatic heterocycles. The molecule has 1 saturated heterocycles. The summed E-state index contributed by atoms with van der Waals surface area (Å²) in [7, 11) is 0. The number of furan rings is 1. The number of rotatable bonds is 4. The molecule has 0 aliphatic carbocycles. The van der Waals surface area contributed by atoms with Gasteiger partial charge in [0.15, 0.2) is 0 Å². The van der Waals surface area contributed by atoms with Crippen LogP contribution in [0.15, 0.2) is 52.0 Å². The van der Waals surface area contributed by atoms with Crippen molar-refractivity contribution in [3.05, 3.63) is 58.9 Å². The van der Waals surface area contributed by atoms with Gasteiger partial charge in [0.1, 0.15) is 10.1 Å². The lowest BCUT2D eigenvalue weighted by Gasteiger charge is -2.17. The van der Waals surface area contributed by atoms with Crippen LogP contribution in [0.3, 0.4) is 0 Å². The zero-order chi connectivity index (χ0) is 18.0. The van der Waals surface area contributed by atoms with Crippen molar-refractivity contribution in [2.75, 3.05) is 12.0 Å². The summed E-state index contributed by atoms with van der Waals surface area (Å²) in [5.41, 5.74) is -0.514. The van der Waals surface area contributed by atoms with Crippen LogP contribution in [0.1, 0.15) is 11.3 Å². The van der Waals surface area contributed by atoms with Crippen LogP contribution in [0.2, 0.25) is 0 Å². The minimum absolute atomic E-state index is 0.0263. The Balaban J connectivity index is 1.69. The van der Waals surface area contributed by atoms with Gasteiger partial charge < -0.3 is 9.73 Å². The summed E-state index contributed by atoms with van der Waals surface area (Å²) in [4.78, 5) is 14.1. The minimum atomic E-state index is -4.43. The Kier molecular flexibility index (Phi) is 4.87. The molecule has 1 aliphatic heterocycles. The maximum absolute atomic E-state index is 12.7. The molecule has 1 fully saturated rings. The first-order valence-electron chi connectivity index (χ1n) is 7.04. The smallest absolute Gasteiger partial charge is 0.416 e. The summed E-state index contributed by atoms with van der Waals surface area (Å²) in [6.07, 6.45) is -1.36. The Morgan fingerprint density at radius 2 is 2.08 bits per heavy atom. The molecular formula is C16H11F3N2O2S2. The lowest BCUT2D eigenvalue weighted by atomic mass is 10.2. The van der Waals surface area contributed by atoms with Crippen LogP contribution >= 0.6 is 24.0 Å². The number of benzene rings is 1. The van der Waals surface area contributed by atoms with Gasteiger partial charge in [-0.15, -0.1) is 0 Å². The van der Waals surface area contributed by atoms with Crippen LogP contribution in [0.5, 0.6) is 0 Å². The van der Waals surface area contributed by atoms with Crippen LogP contribution in [-0.2, 0) is 11.0 Å². The molecular weight excluding hydrogens is 373 g/mol. The minimum Gasteiger partial charge on any atom is -0.465 e. The van der Waals surface area contributed by atoms with Gasteiger partial charge in [-0.1, -0.05) is 30.0 Å². The molecule has 2 heterocycles. The number of alkyl halides is 3. The van der Waals surface area contributed by atoms with E-state index in [1.54, 1.807) is 18.2 Å². The van der Waals surface area contributed by atoms with Crippen LogP contribution in [0.4, 0.5) is 18.9 Å². The molecule has 0 saturated carbocycles. The molecule has 25 heavy (non-hydrogen) atoms. The molecule has 0 spiro atoms. The summed E-state index contributed by atoms with van der Waals surface area (Å²) in [6.45, 7) is -0.0263. The highest BCUT2D eigenvalue weighted by Gasteiger charge is 2.33. The molecule has 0 unspecified atom stereocenters. The number of thioether (sulfide) groups is 1. The number of carbonyl (C=O) groups excluding carboxylic acids is 1. The second-order valence-corrected chi connectivity index (χ2v) is 6.71. The second kappa shape index (κ2) is 6.93. The number of halogens is 3. The molecule has 130 valence electrons. The highest BCUT2D eigenvalue weighted by Crippen LogP contribution is 2.33. The van der Waals surface area contributed by atoms with Gasteiger partial charge >= 0.3 is 6.18 Å². The predicted octanol–water partition coefficient (Wildman–Crippen LogP) is 4.57. The van der Waals surface area contributed by atoms with E-state index in [0.717, 1.165) is 23.9 Å². The first kappa shape index (κ1) is 17.6. The molecule has 2 aromatic rings. The van der Waals surface area contributed by atoms with E-state index < -0.39 is 11.7 Å². The van der Waals surface area contributed by atoms with Crippen molar-refractivity contribution in [2.24, 2.45) is 0 Å². The number of anilines is 1. The lowest BCUT2D eigenvalue weighted by Crippen LogP contribution is -2.33. The first-order valence-corrected chi connectivity index (χ1v) is 8.27. The fraction of sp³-hybridized carbons (Fsp3) is 0.125. The summed E-state index contributed by atoms with van der Waals surface area (Å²) in [5, 5.41) is 2.79. The third-order valence-corrected chi connectivity index (χ3v) is 4.70. The normalized spacial score (nSPS) is 16.8. The molecule has 0 atom stereocenters. The van der Waals surface area contributed by atoms with Crippen molar-refractivity contribution in [1.82, 2.24) is 4.90 Å². The largest absolute Gasteiger partial charge is 0.465 e. The molecule has 1 N–H and O–H groups in total. The third kappa shape index (κ3) is 4.05. The van der Waals surface area contributed by atoms with E-state index in [1.807, 2.05) is 0 Å². The molecule has 1 aliphatic rings. The fourth-order valence-corrected chi connectivity index (χ4v) is 3.35. The topological polar surface area (TPSA) is 45.5 Å². The molecule has 3 rings (SSSR count). The van der Waals surface area contributed by atoms with Crippen molar-refractivity contribution in [3.8, 4) is 0 Å². The molecule has 9 heteroatoms. The molecule has 1 aromatic carbocycles. The van der Waals surface area contributed by atoms with Crippen molar-refractivity contribution < 1.29 is 22.4 Å². The second-order valence-electron chi connectivity index (χ2n) is 5.04. The molecule has 4 nitrogen and oxygen atoms in total. The third-order valence-electron chi connectivity index (χ3n) is 3.32. The Morgan fingerprint density at radius 1 is 1.28 bits per heavy atom. The molecule has 1 amide bonds. The predicted molar refractivity (Wildman–Crippen MR) is 93.7 cm³/mol. The first-order chi connectivity index (χ1) is 11.8. The van der Waals surface area contributed by atoms with Crippen molar-refractivity contribution in [2.45, 2.75) is 6.18 Å². The van der Waals surface area contributed by atoms with Crippen molar-refractivity contribution >= 4 is 46.0 Å². The zero-order valence-electron chi connectivity index (χ0n) is 12.5. The summed E-state index contributed by atoms with van der Waals surface area (Å²) in [6, 6.07) is 8.15. The van der Waals surface area contributed by atoms with Crippen LogP contribution < -0.4 is 5.32 Å². The van der Waals surface area contributed by atoms with Crippen LogP contribution in [-0.4, -0.2) is 21.8 Å². The highest BCUT2D eigenvalue weighted by atomic mass is 32.2. The number of hydrogen-bond donors (Lipinski definition) is 1. The Labute approximate surface area is 150 Å². The van der Waals surface area contributed by atoms with E-state index in [0.29, 0.717) is 15.0 Å². The van der Waals surface area contributed by atoms with Crippen molar-refractivity contribution in [1.29, 1.82) is 0 Å². The summed E-state index contributed by atoms with van der Waals surface area (Å²) < 4.78 is 43.7. The zero-order valence-corrected chi connectivity index (χ0v) is 14.2. The Bertz CT molecular complexity index is 832. The number of thiocarbonyl (C=S) groups is 1. The monoisotopic (exact) mass is 384 g/mol. The van der Waals surface area contributed by atoms with Gasteiger partial charge in [0, 0.05) is 11.8 Å². The van der Waals surface area contributed by atoms with E-state index in [1.165, 1.54) is 23.3 Å². The van der Waals surface area contributed by atoms with Crippen LogP contribution in [0.25, 0.3) is 6.08 Å². The molecule has 0 bridgehead atoms. The van der Waals surface area contributed by atoms with E-state index in [9.17, 15) is 18.0 Å². The van der Waals surface area contributed by atoms with E-state index in [2.05, 4.69) is 5.32 Å². The maximum atomic E-state index is 12.7. The Hall–Kier alpha value is -2.26. The number of nitrogens with one attached hydrogen (secondary N) is 1. The highest BCUT2D eigenvalue weighted by molar-refractivity contribution is 8.26. The van der Waals surface area contributed by atoms with Crippen molar-refractivity contribution in [3.63, 3.8) is 0 Å². The Morgan fingerprint density at radius 3 is 2.76 bits per heavy atom. The summed E-state index contributed by atoms with van der Waals surface area (Å²) in [5.74, 6) is 0.192. The number of carbonyl (C=O) groups is 1. The average molecular weight is 384 g/mol.